The lowest BCUT2D eigenvalue weighted by Gasteiger charge is -2.27. The standard InChI is InChI=1S/C8H12OS/c1-3-8(2)4-6-10(9)7-5-8/h1H,4-7H2,2H3. The zero-order valence-electron chi connectivity index (χ0n) is 6.22. The molecule has 1 rings (SSSR count). The normalized spacial score (nSPS) is 40.6. The first-order chi connectivity index (χ1) is 4.66. The van der Waals surface area contributed by atoms with Crippen LogP contribution >= 0.6 is 0 Å². The molecule has 0 atom stereocenters. The minimum absolute atomic E-state index is 0.0356. The van der Waals surface area contributed by atoms with Crippen molar-refractivity contribution in [2.45, 2.75) is 19.8 Å². The second-order valence-corrected chi connectivity index (χ2v) is 4.75. The summed E-state index contributed by atoms with van der Waals surface area (Å²) >= 11 is 0. The summed E-state index contributed by atoms with van der Waals surface area (Å²) in [6.07, 6.45) is 7.19. The molecule has 1 aliphatic heterocycles. The molecule has 56 valence electrons. The van der Waals surface area contributed by atoms with Crippen molar-refractivity contribution in [2.75, 3.05) is 11.5 Å². The van der Waals surface area contributed by atoms with Gasteiger partial charge in [0, 0.05) is 27.7 Å². The minimum Gasteiger partial charge on any atom is -0.260 e. The zero-order chi connectivity index (χ0) is 7.61. The number of terminal acetylenes is 1. The molecule has 1 heterocycles. The van der Waals surface area contributed by atoms with Crippen LogP contribution in [0.25, 0.3) is 0 Å². The van der Waals surface area contributed by atoms with Crippen molar-refractivity contribution in [2.24, 2.45) is 5.41 Å². The molecule has 1 fully saturated rings. The van der Waals surface area contributed by atoms with E-state index < -0.39 is 10.8 Å². The Bertz CT molecular complexity index is 180. The number of hydrogen-bond acceptors (Lipinski definition) is 1. The highest BCUT2D eigenvalue weighted by atomic mass is 32.2. The molecule has 0 bridgehead atoms. The topological polar surface area (TPSA) is 17.1 Å². The Hall–Kier alpha value is -0.290. The van der Waals surface area contributed by atoms with Crippen LogP contribution < -0.4 is 0 Å². The molecular formula is C8H12OS. The molecule has 0 aromatic rings. The zero-order valence-corrected chi connectivity index (χ0v) is 7.04. The fourth-order valence-electron chi connectivity index (χ4n) is 1.05. The summed E-state index contributed by atoms with van der Waals surface area (Å²) in [6.45, 7) is 2.07. The van der Waals surface area contributed by atoms with E-state index in [1.807, 2.05) is 0 Å². The molecule has 0 N–H and O–H groups in total. The van der Waals surface area contributed by atoms with Gasteiger partial charge in [-0.1, -0.05) is 0 Å². The van der Waals surface area contributed by atoms with E-state index in [2.05, 4.69) is 12.8 Å². The van der Waals surface area contributed by atoms with E-state index in [-0.39, 0.29) is 5.41 Å². The maximum absolute atomic E-state index is 10.9. The fraction of sp³-hybridized carbons (Fsp3) is 0.750. The summed E-state index contributed by atoms with van der Waals surface area (Å²) in [5.74, 6) is 4.35. The van der Waals surface area contributed by atoms with Gasteiger partial charge in [-0.05, 0) is 19.8 Å². The maximum Gasteiger partial charge on any atom is 0.0301 e. The smallest absolute Gasteiger partial charge is 0.0301 e. The van der Waals surface area contributed by atoms with Gasteiger partial charge in [-0.3, -0.25) is 4.21 Å². The van der Waals surface area contributed by atoms with E-state index in [0.717, 1.165) is 24.3 Å². The third kappa shape index (κ3) is 1.60. The van der Waals surface area contributed by atoms with Crippen molar-refractivity contribution in [3.8, 4) is 12.3 Å². The predicted octanol–water partition coefficient (Wildman–Crippen LogP) is 1.17. The lowest BCUT2D eigenvalue weighted by Crippen LogP contribution is -2.26. The molecule has 2 heteroatoms. The van der Waals surface area contributed by atoms with Gasteiger partial charge in [-0.25, -0.2) is 0 Å². The summed E-state index contributed by atoms with van der Waals surface area (Å²) in [5.41, 5.74) is 0.0356. The lowest BCUT2D eigenvalue weighted by molar-refractivity contribution is 0.407. The van der Waals surface area contributed by atoms with E-state index in [9.17, 15) is 4.21 Å². The molecule has 1 aliphatic rings. The average molecular weight is 156 g/mol. The lowest BCUT2D eigenvalue weighted by atomic mass is 9.85. The van der Waals surface area contributed by atoms with E-state index in [1.54, 1.807) is 0 Å². The predicted molar refractivity (Wildman–Crippen MR) is 44.1 cm³/mol. The average Bonchev–Trinajstić information content (AvgIpc) is 1.96. The van der Waals surface area contributed by atoms with Crippen LogP contribution in [0.2, 0.25) is 0 Å². The molecule has 0 amide bonds. The molecule has 10 heavy (non-hydrogen) atoms. The van der Waals surface area contributed by atoms with Gasteiger partial charge in [0.15, 0.2) is 0 Å². The molecule has 0 radical (unpaired) electrons. The first kappa shape index (κ1) is 7.81. The first-order valence-corrected chi connectivity index (χ1v) is 4.98. The van der Waals surface area contributed by atoms with E-state index in [4.69, 9.17) is 6.42 Å². The highest BCUT2D eigenvalue weighted by Gasteiger charge is 2.26. The van der Waals surface area contributed by atoms with E-state index in [1.165, 1.54) is 0 Å². The largest absolute Gasteiger partial charge is 0.260 e. The molecule has 0 saturated carbocycles. The summed E-state index contributed by atoms with van der Waals surface area (Å²) in [6, 6.07) is 0. The van der Waals surface area contributed by atoms with Crippen molar-refractivity contribution in [1.82, 2.24) is 0 Å². The molecule has 0 aliphatic carbocycles. The van der Waals surface area contributed by atoms with Crippen LogP contribution in [-0.2, 0) is 10.8 Å². The monoisotopic (exact) mass is 156 g/mol. The van der Waals surface area contributed by atoms with Crippen molar-refractivity contribution < 1.29 is 4.21 Å². The summed E-state index contributed by atoms with van der Waals surface area (Å²) in [4.78, 5) is 0. The number of rotatable bonds is 0. The van der Waals surface area contributed by atoms with Gasteiger partial charge >= 0.3 is 0 Å². The summed E-state index contributed by atoms with van der Waals surface area (Å²) in [7, 11) is -0.584. The van der Waals surface area contributed by atoms with Gasteiger partial charge in [0.1, 0.15) is 0 Å². The van der Waals surface area contributed by atoms with Crippen LogP contribution in [0.4, 0.5) is 0 Å². The SMILES string of the molecule is C#CC1(C)CCS(=O)CC1. The Morgan fingerprint density at radius 1 is 1.50 bits per heavy atom. The van der Waals surface area contributed by atoms with Gasteiger partial charge in [0.05, 0.1) is 0 Å². The second-order valence-electron chi connectivity index (χ2n) is 3.05. The molecular weight excluding hydrogens is 144 g/mol. The molecule has 0 aromatic carbocycles. The van der Waals surface area contributed by atoms with Gasteiger partial charge in [0.2, 0.25) is 0 Å². The third-order valence-electron chi connectivity index (χ3n) is 2.11. The van der Waals surface area contributed by atoms with Crippen molar-refractivity contribution >= 4 is 10.8 Å². The quantitative estimate of drug-likeness (QED) is 0.481. The van der Waals surface area contributed by atoms with Gasteiger partial charge in [0.25, 0.3) is 0 Å². The highest BCUT2D eigenvalue weighted by Crippen LogP contribution is 2.29. The van der Waals surface area contributed by atoms with Crippen molar-refractivity contribution in [3.05, 3.63) is 0 Å². The van der Waals surface area contributed by atoms with Crippen molar-refractivity contribution in [3.63, 3.8) is 0 Å². The Morgan fingerprint density at radius 3 is 2.40 bits per heavy atom. The third-order valence-corrected chi connectivity index (χ3v) is 3.43. The summed E-state index contributed by atoms with van der Waals surface area (Å²) in [5, 5.41) is 0. The van der Waals surface area contributed by atoms with E-state index in [0.29, 0.717) is 0 Å². The van der Waals surface area contributed by atoms with Crippen molar-refractivity contribution in [1.29, 1.82) is 0 Å². The van der Waals surface area contributed by atoms with Crippen LogP contribution in [0, 0.1) is 17.8 Å². The Morgan fingerprint density at radius 2 is 2.00 bits per heavy atom. The molecule has 0 aromatic heterocycles. The highest BCUT2D eigenvalue weighted by molar-refractivity contribution is 7.85. The van der Waals surface area contributed by atoms with Crippen LogP contribution in [0.15, 0.2) is 0 Å². The Labute approximate surface area is 64.7 Å². The first-order valence-electron chi connectivity index (χ1n) is 3.49. The minimum atomic E-state index is -0.584. The Balaban J connectivity index is 2.56. The Kier molecular flexibility index (Phi) is 2.15. The molecule has 1 nitrogen and oxygen atoms in total. The summed E-state index contributed by atoms with van der Waals surface area (Å²) < 4.78 is 10.9. The second kappa shape index (κ2) is 2.75. The number of hydrogen-bond donors (Lipinski definition) is 0. The molecule has 0 spiro atoms. The van der Waals surface area contributed by atoms with Gasteiger partial charge in [-0.15, -0.1) is 12.3 Å². The van der Waals surface area contributed by atoms with Gasteiger partial charge < -0.3 is 0 Å². The maximum atomic E-state index is 10.9. The van der Waals surface area contributed by atoms with Crippen LogP contribution in [0.3, 0.4) is 0 Å². The van der Waals surface area contributed by atoms with E-state index >= 15 is 0 Å². The van der Waals surface area contributed by atoms with Crippen LogP contribution in [0.1, 0.15) is 19.8 Å². The van der Waals surface area contributed by atoms with Gasteiger partial charge in [-0.2, -0.15) is 0 Å². The molecule has 0 unspecified atom stereocenters. The molecule has 1 saturated heterocycles. The van der Waals surface area contributed by atoms with Crippen LogP contribution in [-0.4, -0.2) is 15.7 Å². The van der Waals surface area contributed by atoms with Crippen LogP contribution in [0.5, 0.6) is 0 Å². The fourth-order valence-corrected chi connectivity index (χ4v) is 2.61.